The molecule has 0 aliphatic heterocycles. The third-order valence-corrected chi connectivity index (χ3v) is 2.67. The lowest BCUT2D eigenvalue weighted by atomic mass is 9.90. The van der Waals surface area contributed by atoms with Crippen LogP contribution in [0.4, 0.5) is 0 Å². The van der Waals surface area contributed by atoms with E-state index in [2.05, 4.69) is 11.8 Å². The Labute approximate surface area is 98.1 Å². The lowest BCUT2D eigenvalue weighted by molar-refractivity contribution is -0.137. The molecule has 0 bridgehead atoms. The minimum absolute atomic E-state index is 0.276. The van der Waals surface area contributed by atoms with Gasteiger partial charge in [-0.15, -0.1) is 0 Å². The standard InChI is InChI=1S/C14H20O2/c1-2-16-14(15)12-8-4-7-11-13-9-5-3-6-10-13/h8,12-13H,2-6,9-10H2,1H3/b12-8+. The largest absolute Gasteiger partial charge is 0.463 e. The molecule has 1 fully saturated rings. The first-order chi connectivity index (χ1) is 7.83. The average molecular weight is 220 g/mol. The molecule has 16 heavy (non-hydrogen) atoms. The Morgan fingerprint density at radius 3 is 2.81 bits per heavy atom. The molecule has 1 rings (SSSR count). The van der Waals surface area contributed by atoms with Crippen LogP contribution in [0.25, 0.3) is 0 Å². The lowest BCUT2D eigenvalue weighted by Gasteiger charge is -2.15. The summed E-state index contributed by atoms with van der Waals surface area (Å²) in [4.78, 5) is 11.0. The summed E-state index contributed by atoms with van der Waals surface area (Å²) < 4.78 is 4.76. The van der Waals surface area contributed by atoms with E-state index in [0.717, 1.165) is 0 Å². The van der Waals surface area contributed by atoms with Gasteiger partial charge in [0.25, 0.3) is 0 Å². The smallest absolute Gasteiger partial charge is 0.330 e. The fourth-order valence-corrected chi connectivity index (χ4v) is 1.85. The van der Waals surface area contributed by atoms with Crippen LogP contribution in [0.5, 0.6) is 0 Å². The zero-order valence-corrected chi connectivity index (χ0v) is 10.00. The fourth-order valence-electron chi connectivity index (χ4n) is 1.85. The monoisotopic (exact) mass is 220 g/mol. The highest BCUT2D eigenvalue weighted by Crippen LogP contribution is 2.22. The number of rotatable bonds is 3. The number of carbonyl (C=O) groups is 1. The van der Waals surface area contributed by atoms with E-state index >= 15 is 0 Å². The minimum Gasteiger partial charge on any atom is -0.463 e. The van der Waals surface area contributed by atoms with Crippen molar-refractivity contribution in [1.82, 2.24) is 0 Å². The van der Waals surface area contributed by atoms with E-state index < -0.39 is 0 Å². The van der Waals surface area contributed by atoms with Crippen molar-refractivity contribution in [2.45, 2.75) is 45.4 Å². The van der Waals surface area contributed by atoms with E-state index in [9.17, 15) is 4.79 Å². The van der Waals surface area contributed by atoms with Crippen molar-refractivity contribution >= 4 is 5.97 Å². The summed E-state index contributed by atoms with van der Waals surface area (Å²) in [6, 6.07) is 0. The van der Waals surface area contributed by atoms with Crippen LogP contribution in [0.2, 0.25) is 0 Å². The Morgan fingerprint density at radius 2 is 2.12 bits per heavy atom. The molecule has 0 saturated heterocycles. The summed E-state index contributed by atoms with van der Waals surface area (Å²) in [6.07, 6.45) is 10.4. The van der Waals surface area contributed by atoms with E-state index in [0.29, 0.717) is 18.9 Å². The summed E-state index contributed by atoms with van der Waals surface area (Å²) in [5.41, 5.74) is 0. The Bertz CT molecular complexity index is 288. The molecule has 1 saturated carbocycles. The number of ether oxygens (including phenoxy) is 1. The highest BCUT2D eigenvalue weighted by molar-refractivity contribution is 5.81. The van der Waals surface area contributed by atoms with Gasteiger partial charge in [-0.1, -0.05) is 37.2 Å². The first kappa shape index (κ1) is 12.8. The van der Waals surface area contributed by atoms with Gasteiger partial charge in [-0.3, -0.25) is 0 Å². The van der Waals surface area contributed by atoms with Crippen LogP contribution in [0, 0.1) is 17.8 Å². The van der Waals surface area contributed by atoms with E-state index in [1.54, 1.807) is 13.0 Å². The Kier molecular flexibility index (Phi) is 6.41. The molecule has 0 aromatic heterocycles. The predicted molar refractivity (Wildman–Crippen MR) is 64.7 cm³/mol. The van der Waals surface area contributed by atoms with E-state index in [4.69, 9.17) is 4.74 Å². The molecule has 0 spiro atoms. The van der Waals surface area contributed by atoms with Gasteiger partial charge in [0.15, 0.2) is 0 Å². The molecular formula is C14H20O2. The molecule has 1 aliphatic carbocycles. The lowest BCUT2D eigenvalue weighted by Crippen LogP contribution is -2.02. The molecule has 0 heterocycles. The van der Waals surface area contributed by atoms with Crippen LogP contribution in [0.15, 0.2) is 12.2 Å². The minimum atomic E-state index is -0.276. The van der Waals surface area contributed by atoms with Crippen LogP contribution in [-0.2, 0) is 9.53 Å². The summed E-state index contributed by atoms with van der Waals surface area (Å²) in [5, 5.41) is 0. The maximum Gasteiger partial charge on any atom is 0.330 e. The van der Waals surface area contributed by atoms with Crippen LogP contribution in [-0.4, -0.2) is 12.6 Å². The van der Waals surface area contributed by atoms with Gasteiger partial charge in [0.2, 0.25) is 0 Å². The van der Waals surface area contributed by atoms with Crippen LogP contribution < -0.4 is 0 Å². The van der Waals surface area contributed by atoms with Crippen molar-refractivity contribution in [3.05, 3.63) is 12.2 Å². The van der Waals surface area contributed by atoms with Gasteiger partial charge in [-0.25, -0.2) is 4.79 Å². The molecule has 0 amide bonds. The Hall–Kier alpha value is -1.23. The molecule has 0 N–H and O–H groups in total. The van der Waals surface area contributed by atoms with Gasteiger partial charge in [-0.05, 0) is 19.8 Å². The average Bonchev–Trinajstić information content (AvgIpc) is 2.30. The van der Waals surface area contributed by atoms with Crippen LogP contribution in [0.3, 0.4) is 0 Å². The number of hydrogen-bond acceptors (Lipinski definition) is 2. The van der Waals surface area contributed by atoms with Crippen molar-refractivity contribution in [2.75, 3.05) is 6.61 Å². The summed E-state index contributed by atoms with van der Waals surface area (Å²) in [6.45, 7) is 2.23. The fraction of sp³-hybridized carbons (Fsp3) is 0.643. The second-order valence-corrected chi connectivity index (χ2v) is 4.01. The van der Waals surface area contributed by atoms with E-state index in [1.807, 2.05) is 0 Å². The predicted octanol–water partition coefficient (Wildman–Crippen LogP) is 3.08. The van der Waals surface area contributed by atoms with Crippen LogP contribution in [0.1, 0.15) is 45.4 Å². The Balaban J connectivity index is 2.18. The highest BCUT2D eigenvalue weighted by Gasteiger charge is 2.09. The van der Waals surface area contributed by atoms with E-state index in [1.165, 1.54) is 38.2 Å². The second kappa shape index (κ2) is 7.98. The van der Waals surface area contributed by atoms with Gasteiger partial charge >= 0.3 is 5.97 Å². The number of hydrogen-bond donors (Lipinski definition) is 0. The van der Waals surface area contributed by atoms with Crippen molar-refractivity contribution in [2.24, 2.45) is 5.92 Å². The van der Waals surface area contributed by atoms with Gasteiger partial charge < -0.3 is 4.74 Å². The molecule has 2 nitrogen and oxygen atoms in total. The maximum absolute atomic E-state index is 11.0. The molecule has 0 atom stereocenters. The number of allylic oxidation sites excluding steroid dienone is 1. The van der Waals surface area contributed by atoms with Gasteiger partial charge in [0.05, 0.1) is 6.61 Å². The third kappa shape index (κ3) is 5.60. The Morgan fingerprint density at radius 1 is 1.38 bits per heavy atom. The summed E-state index contributed by atoms with van der Waals surface area (Å²) in [7, 11) is 0. The van der Waals surface area contributed by atoms with Gasteiger partial charge in [-0.2, -0.15) is 0 Å². The quantitative estimate of drug-likeness (QED) is 0.415. The van der Waals surface area contributed by atoms with Crippen molar-refractivity contribution in [3.8, 4) is 11.8 Å². The molecule has 1 aliphatic rings. The van der Waals surface area contributed by atoms with Crippen molar-refractivity contribution in [1.29, 1.82) is 0 Å². The highest BCUT2D eigenvalue weighted by atomic mass is 16.5. The molecule has 0 radical (unpaired) electrons. The molecule has 88 valence electrons. The van der Waals surface area contributed by atoms with Gasteiger partial charge in [0, 0.05) is 18.4 Å². The summed E-state index contributed by atoms with van der Waals surface area (Å²) >= 11 is 0. The first-order valence-corrected chi connectivity index (χ1v) is 6.14. The van der Waals surface area contributed by atoms with Crippen molar-refractivity contribution in [3.63, 3.8) is 0 Å². The SMILES string of the molecule is CCOC(=O)/C=C/CC#CC1CCCCC1. The molecular weight excluding hydrogens is 200 g/mol. The van der Waals surface area contributed by atoms with Crippen LogP contribution >= 0.6 is 0 Å². The maximum atomic E-state index is 11.0. The topological polar surface area (TPSA) is 26.3 Å². The normalized spacial score (nSPS) is 16.8. The summed E-state index contributed by atoms with van der Waals surface area (Å²) in [5.74, 6) is 6.69. The zero-order valence-electron chi connectivity index (χ0n) is 10.00. The number of carbonyl (C=O) groups excluding carboxylic acids is 1. The van der Waals surface area contributed by atoms with E-state index in [-0.39, 0.29) is 5.97 Å². The third-order valence-electron chi connectivity index (χ3n) is 2.67. The molecule has 0 aromatic carbocycles. The first-order valence-electron chi connectivity index (χ1n) is 6.14. The molecule has 2 heteroatoms. The second-order valence-electron chi connectivity index (χ2n) is 4.01. The molecule has 0 unspecified atom stereocenters. The molecule has 0 aromatic rings. The number of esters is 1. The zero-order chi connectivity index (χ0) is 11.6. The van der Waals surface area contributed by atoms with Gasteiger partial charge in [0.1, 0.15) is 0 Å². The van der Waals surface area contributed by atoms with Crippen molar-refractivity contribution < 1.29 is 9.53 Å².